The highest BCUT2D eigenvalue weighted by Crippen LogP contribution is 2.28. The molecular weight excluding hydrogens is 421 g/mol. The van der Waals surface area contributed by atoms with Gasteiger partial charge in [0.1, 0.15) is 29.3 Å². The van der Waals surface area contributed by atoms with Crippen molar-refractivity contribution in [3.63, 3.8) is 0 Å². The molecule has 1 aliphatic rings. The lowest BCUT2D eigenvalue weighted by molar-refractivity contribution is -0.0348. The van der Waals surface area contributed by atoms with Crippen molar-refractivity contribution >= 4 is 22.5 Å². The van der Waals surface area contributed by atoms with Crippen molar-refractivity contribution in [3.8, 4) is 5.75 Å². The van der Waals surface area contributed by atoms with E-state index in [1.165, 1.54) is 23.2 Å². The van der Waals surface area contributed by atoms with E-state index < -0.39 is 0 Å². The Labute approximate surface area is 191 Å². The van der Waals surface area contributed by atoms with E-state index in [1.54, 1.807) is 13.2 Å². The number of fused-ring (bicyclic) bond motifs is 1. The molecule has 4 aromatic rings. The highest BCUT2D eigenvalue weighted by molar-refractivity contribution is 5.85. The van der Waals surface area contributed by atoms with Crippen LogP contribution in [0.15, 0.2) is 60.9 Å². The number of nitrogens with one attached hydrogen (secondary N) is 1. The summed E-state index contributed by atoms with van der Waals surface area (Å²) >= 11 is 0. The number of benzene rings is 1. The van der Waals surface area contributed by atoms with Crippen LogP contribution < -0.4 is 10.1 Å². The fourth-order valence-corrected chi connectivity index (χ4v) is 4.25. The van der Waals surface area contributed by atoms with Gasteiger partial charge in [-0.15, -0.1) is 0 Å². The van der Waals surface area contributed by atoms with Crippen LogP contribution in [0.25, 0.3) is 10.9 Å². The summed E-state index contributed by atoms with van der Waals surface area (Å²) in [5, 5.41) is 4.36. The second-order valence-corrected chi connectivity index (χ2v) is 8.18. The minimum atomic E-state index is -0.372. The van der Waals surface area contributed by atoms with E-state index in [-0.39, 0.29) is 11.9 Å². The number of hydrogen-bond acceptors (Lipinski definition) is 6. The van der Waals surface area contributed by atoms with Crippen LogP contribution in [0, 0.1) is 5.82 Å². The summed E-state index contributed by atoms with van der Waals surface area (Å²) in [6.07, 6.45) is 3.24. The Morgan fingerprint density at radius 2 is 2.09 bits per heavy atom. The number of ether oxygens (including phenoxy) is 2. The number of hydrogen-bond donors (Lipinski definition) is 1. The molecule has 4 heterocycles. The molecule has 1 fully saturated rings. The normalized spacial score (nSPS) is 16.8. The van der Waals surface area contributed by atoms with Crippen LogP contribution in [0.4, 0.5) is 16.0 Å². The van der Waals surface area contributed by atoms with Crippen molar-refractivity contribution in [2.24, 2.45) is 7.05 Å². The third kappa shape index (κ3) is 4.67. The molecule has 0 aliphatic carbocycles. The first-order valence-corrected chi connectivity index (χ1v) is 10.9. The molecule has 0 spiro atoms. The third-order valence-corrected chi connectivity index (χ3v) is 5.91. The molecule has 3 aromatic heterocycles. The molecule has 1 aliphatic heterocycles. The van der Waals surface area contributed by atoms with Gasteiger partial charge in [-0.05, 0) is 42.0 Å². The van der Waals surface area contributed by atoms with E-state index >= 15 is 0 Å². The molecule has 33 heavy (non-hydrogen) atoms. The first kappa shape index (κ1) is 21.4. The molecule has 1 atom stereocenters. The van der Waals surface area contributed by atoms with Crippen LogP contribution in [0.1, 0.15) is 17.4 Å². The van der Waals surface area contributed by atoms with E-state index in [9.17, 15) is 4.39 Å². The molecule has 0 bridgehead atoms. The summed E-state index contributed by atoms with van der Waals surface area (Å²) < 4.78 is 26.7. The molecule has 8 heteroatoms. The van der Waals surface area contributed by atoms with E-state index in [1.807, 2.05) is 24.3 Å². The number of methoxy groups -OCH3 is 1. The van der Waals surface area contributed by atoms with Crippen molar-refractivity contribution in [2.45, 2.75) is 12.6 Å². The second-order valence-electron chi connectivity index (χ2n) is 8.18. The summed E-state index contributed by atoms with van der Waals surface area (Å²) in [6, 6.07) is 14.9. The predicted molar refractivity (Wildman–Crippen MR) is 125 cm³/mol. The summed E-state index contributed by atoms with van der Waals surface area (Å²) in [5.41, 5.74) is 3.29. The van der Waals surface area contributed by atoms with E-state index in [2.05, 4.69) is 45.1 Å². The highest BCUT2D eigenvalue weighted by Gasteiger charge is 2.24. The van der Waals surface area contributed by atoms with Gasteiger partial charge in [-0.2, -0.15) is 0 Å². The van der Waals surface area contributed by atoms with Crippen molar-refractivity contribution in [1.82, 2.24) is 19.4 Å². The van der Waals surface area contributed by atoms with Gasteiger partial charge < -0.3 is 19.4 Å². The maximum absolute atomic E-state index is 13.1. The average Bonchev–Trinajstić information content (AvgIpc) is 3.15. The van der Waals surface area contributed by atoms with Crippen LogP contribution >= 0.6 is 0 Å². The lowest BCUT2D eigenvalue weighted by atomic mass is 10.1. The SMILES string of the molecule is COc1ccc2c(CN3CCO[C@@H](c4cccc(Nc5ccc(F)cn5)n4)C3)cn(C)c2c1. The highest BCUT2D eigenvalue weighted by atomic mass is 19.1. The third-order valence-electron chi connectivity index (χ3n) is 5.91. The molecule has 0 saturated carbocycles. The molecule has 5 rings (SSSR count). The maximum atomic E-state index is 13.1. The number of nitrogens with zero attached hydrogens (tertiary/aromatic N) is 4. The van der Waals surface area contributed by atoms with Crippen molar-refractivity contribution < 1.29 is 13.9 Å². The number of morpholine rings is 1. The first-order valence-electron chi connectivity index (χ1n) is 10.9. The number of anilines is 2. The molecule has 0 amide bonds. The van der Waals surface area contributed by atoms with Crippen molar-refractivity contribution in [3.05, 3.63) is 78.0 Å². The Kier molecular flexibility index (Phi) is 5.93. The zero-order chi connectivity index (χ0) is 22.8. The minimum absolute atomic E-state index is 0.128. The molecule has 7 nitrogen and oxygen atoms in total. The van der Waals surface area contributed by atoms with Crippen LogP contribution in [0.2, 0.25) is 0 Å². The lowest BCUT2D eigenvalue weighted by Crippen LogP contribution is -2.38. The van der Waals surface area contributed by atoms with Crippen LogP contribution in [0.3, 0.4) is 0 Å². The number of aryl methyl sites for hydroxylation is 1. The maximum Gasteiger partial charge on any atom is 0.141 e. The lowest BCUT2D eigenvalue weighted by Gasteiger charge is -2.32. The smallest absolute Gasteiger partial charge is 0.141 e. The van der Waals surface area contributed by atoms with Gasteiger partial charge in [0.2, 0.25) is 0 Å². The monoisotopic (exact) mass is 447 g/mol. The van der Waals surface area contributed by atoms with E-state index in [4.69, 9.17) is 14.5 Å². The summed E-state index contributed by atoms with van der Waals surface area (Å²) in [4.78, 5) is 11.2. The molecule has 1 N–H and O–H groups in total. The van der Waals surface area contributed by atoms with Gasteiger partial charge in [0, 0.05) is 44.3 Å². The number of pyridine rings is 2. The number of halogens is 1. The molecule has 1 aromatic carbocycles. The Bertz CT molecular complexity index is 1260. The van der Waals surface area contributed by atoms with Crippen LogP contribution in [-0.4, -0.2) is 46.2 Å². The fourth-order valence-electron chi connectivity index (χ4n) is 4.25. The summed E-state index contributed by atoms with van der Waals surface area (Å²) in [7, 11) is 3.75. The van der Waals surface area contributed by atoms with E-state index in [0.717, 1.165) is 36.6 Å². The Hall–Kier alpha value is -3.49. The zero-order valence-corrected chi connectivity index (χ0v) is 18.7. The molecular formula is C25H26FN5O2. The van der Waals surface area contributed by atoms with Gasteiger partial charge in [-0.25, -0.2) is 14.4 Å². The number of rotatable bonds is 6. The topological polar surface area (TPSA) is 64.4 Å². The molecule has 170 valence electrons. The van der Waals surface area contributed by atoms with Gasteiger partial charge >= 0.3 is 0 Å². The second kappa shape index (κ2) is 9.17. The van der Waals surface area contributed by atoms with Gasteiger partial charge in [0.25, 0.3) is 0 Å². The quantitative estimate of drug-likeness (QED) is 0.472. The van der Waals surface area contributed by atoms with Gasteiger partial charge in [-0.3, -0.25) is 4.90 Å². The average molecular weight is 448 g/mol. The van der Waals surface area contributed by atoms with Crippen molar-refractivity contribution in [1.29, 1.82) is 0 Å². The van der Waals surface area contributed by atoms with E-state index in [0.29, 0.717) is 18.2 Å². The first-order chi connectivity index (χ1) is 16.1. The predicted octanol–water partition coefficient (Wildman–Crippen LogP) is 4.43. The van der Waals surface area contributed by atoms with Crippen LogP contribution in [0.5, 0.6) is 5.75 Å². The standard InChI is InChI=1S/C25H26FN5O2/c1-30-14-17(20-8-7-19(32-2)12-22(20)30)15-31-10-11-33-23(16-31)21-4-3-5-25(28-21)29-24-9-6-18(26)13-27-24/h3-9,12-14,23H,10-11,15-16H2,1-2H3,(H,27,28,29)/t23-/m1/s1. The Balaban J connectivity index is 1.30. The molecule has 1 saturated heterocycles. The Morgan fingerprint density at radius 3 is 2.91 bits per heavy atom. The summed E-state index contributed by atoms with van der Waals surface area (Å²) in [5.74, 6) is 1.68. The van der Waals surface area contributed by atoms with Gasteiger partial charge in [-0.1, -0.05) is 6.07 Å². The fraction of sp³-hybridized carbons (Fsp3) is 0.280. The molecule has 0 radical (unpaired) electrons. The van der Waals surface area contributed by atoms with Crippen LogP contribution in [-0.2, 0) is 18.3 Å². The summed E-state index contributed by atoms with van der Waals surface area (Å²) in [6.45, 7) is 3.08. The van der Waals surface area contributed by atoms with Gasteiger partial charge in [0.15, 0.2) is 0 Å². The largest absolute Gasteiger partial charge is 0.497 e. The zero-order valence-electron chi connectivity index (χ0n) is 18.7. The number of aromatic nitrogens is 3. The van der Waals surface area contributed by atoms with Crippen molar-refractivity contribution in [2.75, 3.05) is 32.1 Å². The minimum Gasteiger partial charge on any atom is -0.497 e. The molecule has 0 unspecified atom stereocenters. The van der Waals surface area contributed by atoms with Gasteiger partial charge in [0.05, 0.1) is 31.1 Å². The Morgan fingerprint density at radius 1 is 1.18 bits per heavy atom.